The first-order valence-electron chi connectivity index (χ1n) is 7.75. The molecule has 0 radical (unpaired) electrons. The average Bonchev–Trinajstić information content (AvgIpc) is 2.93. The highest BCUT2D eigenvalue weighted by atomic mass is 127. The summed E-state index contributed by atoms with van der Waals surface area (Å²) in [5, 5.41) is 0.710. The van der Waals surface area contributed by atoms with Crippen LogP contribution in [0.3, 0.4) is 0 Å². The van der Waals surface area contributed by atoms with E-state index in [0.29, 0.717) is 16.5 Å². The molecule has 0 aliphatic rings. The van der Waals surface area contributed by atoms with Crippen molar-refractivity contribution < 1.29 is 14.3 Å². The molecule has 0 saturated heterocycles. The lowest BCUT2D eigenvalue weighted by Gasteiger charge is -2.20. The fraction of sp³-hybridized carbons (Fsp3) is 0.211. The van der Waals surface area contributed by atoms with Gasteiger partial charge in [0.1, 0.15) is 11.3 Å². The molecule has 0 unspecified atom stereocenters. The van der Waals surface area contributed by atoms with Gasteiger partial charge in [0.25, 0.3) is 0 Å². The van der Waals surface area contributed by atoms with Crippen LogP contribution >= 0.6 is 22.6 Å². The van der Waals surface area contributed by atoms with Crippen LogP contribution in [0.15, 0.2) is 48.8 Å². The third-order valence-electron chi connectivity index (χ3n) is 3.52. The summed E-state index contributed by atoms with van der Waals surface area (Å²) in [6, 6.07) is 10.6. The molecular formula is C19H17IN2O3. The Bertz CT molecular complexity index is 953. The van der Waals surface area contributed by atoms with E-state index in [-0.39, 0.29) is 11.5 Å². The highest BCUT2D eigenvalue weighted by Crippen LogP contribution is 2.23. The lowest BCUT2D eigenvalue weighted by atomic mass is 10.1. The molecule has 0 N–H and O–H groups in total. The third kappa shape index (κ3) is 3.73. The zero-order chi connectivity index (χ0) is 18.2. The lowest BCUT2D eigenvalue weighted by molar-refractivity contribution is 0.0536. The highest BCUT2D eigenvalue weighted by Gasteiger charge is 2.25. The predicted octanol–water partition coefficient (Wildman–Crippen LogP) is 4.66. The summed E-state index contributed by atoms with van der Waals surface area (Å²) in [7, 11) is 0. The summed E-state index contributed by atoms with van der Waals surface area (Å²) in [5.41, 5.74) is 0.710. The molecule has 128 valence electrons. The van der Waals surface area contributed by atoms with Gasteiger partial charge in [-0.25, -0.2) is 9.36 Å². The van der Waals surface area contributed by atoms with Gasteiger partial charge in [0, 0.05) is 26.9 Å². The largest absolute Gasteiger partial charge is 0.443 e. The number of halogens is 1. The normalized spacial score (nSPS) is 11.5. The fourth-order valence-corrected chi connectivity index (χ4v) is 2.84. The van der Waals surface area contributed by atoms with Crippen LogP contribution in [0.4, 0.5) is 4.79 Å². The number of carbonyl (C=O) groups excluding carboxylic acids is 2. The Balaban J connectivity index is 2.14. The van der Waals surface area contributed by atoms with E-state index in [9.17, 15) is 9.59 Å². The van der Waals surface area contributed by atoms with Crippen LogP contribution in [0.25, 0.3) is 10.9 Å². The molecule has 25 heavy (non-hydrogen) atoms. The zero-order valence-electron chi connectivity index (χ0n) is 14.1. The van der Waals surface area contributed by atoms with Crippen LogP contribution in [0.2, 0.25) is 0 Å². The fourth-order valence-electron chi connectivity index (χ4n) is 2.48. The second kappa shape index (κ2) is 6.59. The van der Waals surface area contributed by atoms with Gasteiger partial charge in [-0.05, 0) is 79.8 Å². The Morgan fingerprint density at radius 3 is 2.44 bits per heavy atom. The Hall–Kier alpha value is -2.22. The minimum atomic E-state index is -0.663. The van der Waals surface area contributed by atoms with Gasteiger partial charge >= 0.3 is 6.09 Å². The summed E-state index contributed by atoms with van der Waals surface area (Å²) in [6.07, 6.45) is 2.63. The van der Waals surface area contributed by atoms with E-state index in [1.807, 2.05) is 12.1 Å². The van der Waals surface area contributed by atoms with E-state index in [1.165, 1.54) is 4.57 Å². The Morgan fingerprint density at radius 2 is 1.80 bits per heavy atom. The van der Waals surface area contributed by atoms with Crippen molar-refractivity contribution >= 4 is 45.4 Å². The number of nitrogens with zero attached hydrogens (tertiary/aromatic N) is 2. The molecule has 6 heteroatoms. The molecule has 2 aromatic heterocycles. The van der Waals surface area contributed by atoms with Gasteiger partial charge in [0.05, 0.1) is 5.52 Å². The molecule has 0 amide bonds. The molecule has 1 aromatic carbocycles. The zero-order valence-corrected chi connectivity index (χ0v) is 16.3. The van der Waals surface area contributed by atoms with E-state index < -0.39 is 11.7 Å². The first-order chi connectivity index (χ1) is 11.8. The maximum absolute atomic E-state index is 13.0. The van der Waals surface area contributed by atoms with Crippen molar-refractivity contribution in [2.75, 3.05) is 0 Å². The maximum atomic E-state index is 13.0. The second-order valence-electron chi connectivity index (χ2n) is 6.62. The summed E-state index contributed by atoms with van der Waals surface area (Å²) in [4.78, 5) is 29.7. The number of benzene rings is 1. The van der Waals surface area contributed by atoms with E-state index >= 15 is 0 Å². The predicted molar refractivity (Wildman–Crippen MR) is 104 cm³/mol. The Morgan fingerprint density at radius 1 is 1.12 bits per heavy atom. The van der Waals surface area contributed by atoms with Gasteiger partial charge in [-0.15, -0.1) is 0 Å². The molecule has 0 saturated carbocycles. The Labute approximate surface area is 159 Å². The minimum Gasteiger partial charge on any atom is -0.443 e. The number of hydrogen-bond acceptors (Lipinski definition) is 4. The molecule has 0 spiro atoms. The number of ether oxygens (including phenoxy) is 1. The van der Waals surface area contributed by atoms with Gasteiger partial charge in [0.15, 0.2) is 0 Å². The van der Waals surface area contributed by atoms with Crippen LogP contribution in [-0.4, -0.2) is 27.0 Å². The second-order valence-corrected chi connectivity index (χ2v) is 7.86. The van der Waals surface area contributed by atoms with Gasteiger partial charge < -0.3 is 4.74 Å². The number of aromatic nitrogens is 2. The van der Waals surface area contributed by atoms with Crippen LogP contribution in [0.5, 0.6) is 0 Å². The number of hydrogen-bond donors (Lipinski definition) is 0. The van der Waals surface area contributed by atoms with Gasteiger partial charge in [-0.2, -0.15) is 0 Å². The van der Waals surface area contributed by atoms with Crippen LogP contribution < -0.4 is 0 Å². The van der Waals surface area contributed by atoms with Gasteiger partial charge in [-0.1, -0.05) is 0 Å². The van der Waals surface area contributed by atoms with Crippen molar-refractivity contribution in [2.45, 2.75) is 26.4 Å². The molecule has 0 aliphatic carbocycles. The summed E-state index contributed by atoms with van der Waals surface area (Å²) in [6.45, 7) is 5.37. The summed E-state index contributed by atoms with van der Waals surface area (Å²) >= 11 is 2.18. The molecular weight excluding hydrogens is 431 g/mol. The number of ketones is 1. The smallest absolute Gasteiger partial charge is 0.419 e. The number of rotatable bonds is 2. The lowest BCUT2D eigenvalue weighted by Crippen LogP contribution is -2.28. The van der Waals surface area contributed by atoms with E-state index in [1.54, 1.807) is 57.4 Å². The first kappa shape index (κ1) is 17.6. The molecule has 2 heterocycles. The van der Waals surface area contributed by atoms with Gasteiger partial charge in [-0.3, -0.25) is 9.78 Å². The van der Waals surface area contributed by atoms with E-state index in [2.05, 4.69) is 27.6 Å². The molecule has 3 rings (SSSR count). The van der Waals surface area contributed by atoms with Crippen LogP contribution in [0, 0.1) is 3.57 Å². The van der Waals surface area contributed by atoms with Gasteiger partial charge in [0.2, 0.25) is 5.78 Å². The van der Waals surface area contributed by atoms with Crippen LogP contribution in [0.1, 0.15) is 36.8 Å². The number of fused-ring (bicyclic) bond motifs is 1. The number of carbonyl (C=O) groups is 2. The quantitative estimate of drug-likeness (QED) is 0.423. The molecule has 0 fully saturated rings. The van der Waals surface area contributed by atoms with Crippen LogP contribution in [-0.2, 0) is 4.74 Å². The maximum Gasteiger partial charge on any atom is 0.419 e. The minimum absolute atomic E-state index is 0.238. The molecule has 3 aromatic rings. The van der Waals surface area contributed by atoms with E-state index in [0.717, 1.165) is 3.57 Å². The van der Waals surface area contributed by atoms with Crippen molar-refractivity contribution in [3.8, 4) is 0 Å². The highest BCUT2D eigenvalue weighted by molar-refractivity contribution is 14.1. The topological polar surface area (TPSA) is 61.2 Å². The molecule has 0 bridgehead atoms. The summed E-state index contributed by atoms with van der Waals surface area (Å²) < 4.78 is 7.84. The number of pyridine rings is 1. The standard InChI is InChI=1S/C19H17IN2O3/c1-19(2,3)25-18(24)22-15-8-9-21-11-13(15)10-16(22)17(23)12-4-6-14(20)7-5-12/h4-11H,1-3H3. The molecule has 5 nitrogen and oxygen atoms in total. The van der Waals surface area contributed by atoms with Crippen molar-refractivity contribution in [2.24, 2.45) is 0 Å². The van der Waals surface area contributed by atoms with Crippen molar-refractivity contribution in [3.63, 3.8) is 0 Å². The van der Waals surface area contributed by atoms with Crippen molar-refractivity contribution in [3.05, 3.63) is 63.6 Å². The Kier molecular flexibility index (Phi) is 4.64. The van der Waals surface area contributed by atoms with E-state index in [4.69, 9.17) is 4.74 Å². The van der Waals surface area contributed by atoms with Crippen molar-refractivity contribution in [1.82, 2.24) is 9.55 Å². The molecule has 0 atom stereocenters. The SMILES string of the molecule is CC(C)(C)OC(=O)n1c(C(=O)c2ccc(I)cc2)cc2cnccc21. The third-order valence-corrected chi connectivity index (χ3v) is 4.24. The van der Waals surface area contributed by atoms with Crippen molar-refractivity contribution in [1.29, 1.82) is 0 Å². The molecule has 0 aliphatic heterocycles. The average molecular weight is 448 g/mol. The first-order valence-corrected chi connectivity index (χ1v) is 8.83. The monoisotopic (exact) mass is 448 g/mol. The summed E-state index contributed by atoms with van der Waals surface area (Å²) in [5.74, 6) is -0.238.